The molecule has 2 atom stereocenters. The number of halogens is 1. The van der Waals surface area contributed by atoms with Gasteiger partial charge in [-0.3, -0.25) is 0 Å². The summed E-state index contributed by atoms with van der Waals surface area (Å²) in [6.07, 6.45) is 1.11. The third-order valence-electron chi connectivity index (χ3n) is 5.26. The fraction of sp³-hybridized carbons (Fsp3) is 0.333. The highest BCUT2D eigenvalue weighted by Crippen LogP contribution is 2.49. The summed E-state index contributed by atoms with van der Waals surface area (Å²) in [5, 5.41) is 6.06. The second-order valence-corrected chi connectivity index (χ2v) is 7.84. The Morgan fingerprint density at radius 1 is 1.04 bits per heavy atom. The number of alkyl halides is 1. The minimum Gasteiger partial charge on any atom is -0.344 e. The molecule has 0 bridgehead atoms. The molecule has 2 aliphatic rings. The Morgan fingerprint density at radius 3 is 2.54 bits per heavy atom. The summed E-state index contributed by atoms with van der Waals surface area (Å²) in [5.74, 6) is -0.491. The molecule has 122 valence electrons. The van der Waals surface area contributed by atoms with Crippen molar-refractivity contribution in [3.8, 4) is 0 Å². The molecule has 1 saturated heterocycles. The largest absolute Gasteiger partial charge is 0.344 e. The van der Waals surface area contributed by atoms with Crippen molar-refractivity contribution in [3.63, 3.8) is 0 Å². The Bertz CT molecular complexity index is 976. The zero-order valence-corrected chi connectivity index (χ0v) is 15.4. The highest BCUT2D eigenvalue weighted by atomic mass is 79.9. The van der Waals surface area contributed by atoms with Crippen LogP contribution in [-0.2, 0) is 21.2 Å². The zero-order valence-electron chi connectivity index (χ0n) is 13.8. The molecule has 3 heteroatoms. The Labute approximate surface area is 149 Å². The molecule has 0 spiro atoms. The minimum absolute atomic E-state index is 0.0541. The van der Waals surface area contributed by atoms with Crippen LogP contribution < -0.4 is 0 Å². The second-order valence-electron chi connectivity index (χ2n) is 7.28. The number of hydrogen-bond donors (Lipinski definition) is 0. The van der Waals surface area contributed by atoms with Gasteiger partial charge in [-0.15, -0.1) is 0 Å². The maximum atomic E-state index is 6.24. The van der Waals surface area contributed by atoms with Gasteiger partial charge in [0.15, 0.2) is 5.79 Å². The number of rotatable bonds is 1. The van der Waals surface area contributed by atoms with Crippen LogP contribution in [0.2, 0.25) is 0 Å². The molecule has 0 N–H and O–H groups in total. The first-order chi connectivity index (χ1) is 11.6. The van der Waals surface area contributed by atoms with Gasteiger partial charge in [0.1, 0.15) is 6.10 Å². The summed E-state index contributed by atoms with van der Waals surface area (Å²) < 4.78 is 12.4. The van der Waals surface area contributed by atoms with Crippen molar-refractivity contribution in [1.29, 1.82) is 0 Å². The van der Waals surface area contributed by atoms with Gasteiger partial charge in [0.25, 0.3) is 0 Å². The van der Waals surface area contributed by atoms with Gasteiger partial charge in [-0.25, -0.2) is 0 Å². The molecular formula is C21H19BrO2. The van der Waals surface area contributed by atoms with Gasteiger partial charge in [-0.05, 0) is 70.3 Å². The van der Waals surface area contributed by atoms with Crippen LogP contribution in [0.25, 0.3) is 21.5 Å². The van der Waals surface area contributed by atoms with Crippen LogP contribution in [0, 0.1) is 0 Å². The molecule has 5 rings (SSSR count). The van der Waals surface area contributed by atoms with E-state index in [4.69, 9.17) is 9.47 Å². The molecule has 1 aliphatic carbocycles. The molecule has 0 saturated carbocycles. The maximum Gasteiger partial charge on any atom is 0.164 e. The van der Waals surface area contributed by atoms with Crippen LogP contribution in [0.4, 0.5) is 0 Å². The van der Waals surface area contributed by atoms with E-state index in [1.54, 1.807) is 0 Å². The number of ether oxygens (including phenoxy) is 2. The van der Waals surface area contributed by atoms with Crippen molar-refractivity contribution in [2.45, 2.75) is 43.6 Å². The fourth-order valence-electron chi connectivity index (χ4n) is 4.36. The van der Waals surface area contributed by atoms with Crippen molar-refractivity contribution in [2.75, 3.05) is 0 Å². The van der Waals surface area contributed by atoms with E-state index in [1.807, 2.05) is 13.8 Å². The molecule has 2 unspecified atom stereocenters. The van der Waals surface area contributed by atoms with Crippen LogP contribution >= 0.6 is 15.9 Å². The van der Waals surface area contributed by atoms with Gasteiger partial charge >= 0.3 is 0 Å². The van der Waals surface area contributed by atoms with Crippen molar-refractivity contribution in [3.05, 3.63) is 59.2 Å². The van der Waals surface area contributed by atoms with Gasteiger partial charge in [0, 0.05) is 11.8 Å². The van der Waals surface area contributed by atoms with Crippen LogP contribution in [0.15, 0.2) is 42.5 Å². The maximum absolute atomic E-state index is 6.24. The molecule has 2 nitrogen and oxygen atoms in total. The van der Waals surface area contributed by atoms with Crippen molar-refractivity contribution in [1.82, 2.24) is 0 Å². The van der Waals surface area contributed by atoms with Crippen LogP contribution in [0.5, 0.6) is 0 Å². The monoisotopic (exact) mass is 382 g/mol. The summed E-state index contributed by atoms with van der Waals surface area (Å²) in [7, 11) is 0. The van der Waals surface area contributed by atoms with Gasteiger partial charge in [0.05, 0.1) is 6.10 Å². The lowest BCUT2D eigenvalue weighted by atomic mass is 9.93. The summed E-state index contributed by atoms with van der Waals surface area (Å²) in [5.41, 5.74) is 4.06. The molecule has 0 aromatic heterocycles. The lowest BCUT2D eigenvalue weighted by molar-refractivity contribution is -0.148. The lowest BCUT2D eigenvalue weighted by Crippen LogP contribution is -2.22. The van der Waals surface area contributed by atoms with E-state index in [0.717, 1.165) is 11.8 Å². The van der Waals surface area contributed by atoms with E-state index >= 15 is 0 Å². The fourth-order valence-corrected chi connectivity index (χ4v) is 4.82. The van der Waals surface area contributed by atoms with Crippen LogP contribution in [0.3, 0.4) is 0 Å². The molecule has 0 radical (unpaired) electrons. The first kappa shape index (κ1) is 14.9. The van der Waals surface area contributed by atoms with E-state index in [2.05, 4.69) is 58.4 Å². The third kappa shape index (κ3) is 2.08. The second kappa shape index (κ2) is 5.04. The van der Waals surface area contributed by atoms with E-state index in [9.17, 15) is 0 Å². The quantitative estimate of drug-likeness (QED) is 0.400. The van der Waals surface area contributed by atoms with E-state index in [0.29, 0.717) is 0 Å². The molecule has 24 heavy (non-hydrogen) atoms. The van der Waals surface area contributed by atoms with Crippen molar-refractivity contribution < 1.29 is 9.47 Å². The summed E-state index contributed by atoms with van der Waals surface area (Å²) >= 11 is 3.68. The molecule has 3 aromatic carbocycles. The normalized spacial score (nSPS) is 24.5. The number of hydrogen-bond acceptors (Lipinski definition) is 2. The predicted octanol–water partition coefficient (Wildman–Crippen LogP) is 5.64. The molecule has 1 heterocycles. The summed E-state index contributed by atoms with van der Waals surface area (Å²) in [6.45, 7) is 4.01. The number of fused-ring (bicyclic) bond motifs is 6. The SMILES string of the molecule is CC1(C)OC2Cc3c(c(CBr)cc4cc5ccccc5cc34)C2O1. The van der Waals surface area contributed by atoms with Crippen molar-refractivity contribution in [2.24, 2.45) is 0 Å². The first-order valence-electron chi connectivity index (χ1n) is 8.44. The minimum atomic E-state index is -0.491. The van der Waals surface area contributed by atoms with E-state index < -0.39 is 5.79 Å². The molecule has 1 fully saturated rings. The first-order valence-corrected chi connectivity index (χ1v) is 9.57. The Kier molecular flexibility index (Phi) is 3.13. The average molecular weight is 383 g/mol. The van der Waals surface area contributed by atoms with Gasteiger partial charge in [-0.1, -0.05) is 40.2 Å². The Hall–Kier alpha value is -1.42. The van der Waals surface area contributed by atoms with Crippen LogP contribution in [-0.4, -0.2) is 11.9 Å². The average Bonchev–Trinajstić information content (AvgIpc) is 3.04. The van der Waals surface area contributed by atoms with Gasteiger partial charge in [-0.2, -0.15) is 0 Å². The summed E-state index contributed by atoms with van der Waals surface area (Å²) in [6, 6.07) is 15.5. The zero-order chi connectivity index (χ0) is 16.5. The van der Waals surface area contributed by atoms with Gasteiger partial charge in [0.2, 0.25) is 0 Å². The van der Waals surface area contributed by atoms with E-state index in [-0.39, 0.29) is 12.2 Å². The highest BCUT2D eigenvalue weighted by Gasteiger charge is 2.48. The predicted molar refractivity (Wildman–Crippen MR) is 101 cm³/mol. The van der Waals surface area contributed by atoms with E-state index in [1.165, 1.54) is 38.2 Å². The third-order valence-corrected chi connectivity index (χ3v) is 5.87. The molecule has 3 aromatic rings. The Morgan fingerprint density at radius 2 is 1.79 bits per heavy atom. The molecular weight excluding hydrogens is 364 g/mol. The summed E-state index contributed by atoms with van der Waals surface area (Å²) in [4.78, 5) is 0. The number of benzene rings is 3. The van der Waals surface area contributed by atoms with Crippen LogP contribution in [0.1, 0.15) is 36.6 Å². The van der Waals surface area contributed by atoms with Gasteiger partial charge < -0.3 is 9.47 Å². The smallest absolute Gasteiger partial charge is 0.164 e. The molecule has 1 aliphatic heterocycles. The van der Waals surface area contributed by atoms with Crippen molar-refractivity contribution >= 4 is 37.5 Å². The molecule has 0 amide bonds. The topological polar surface area (TPSA) is 18.5 Å². The standard InChI is InChI=1S/C21H19BrO2/c1-21(2)23-18-10-17-16-9-13-6-4-3-5-12(13)7-14(16)8-15(11-22)19(17)20(18)24-21/h3-9,18,20H,10-11H2,1-2H3. The Balaban J connectivity index is 1.80. The highest BCUT2D eigenvalue weighted by molar-refractivity contribution is 9.08. The lowest BCUT2D eigenvalue weighted by Gasteiger charge is -2.21.